The predicted octanol–water partition coefficient (Wildman–Crippen LogP) is 4.82. The zero-order valence-electron chi connectivity index (χ0n) is 10.8. The predicted molar refractivity (Wildman–Crippen MR) is 74.1 cm³/mol. The third-order valence-electron chi connectivity index (χ3n) is 2.44. The van der Waals surface area contributed by atoms with Gasteiger partial charge in [-0.15, -0.1) is 5.11 Å². The molecule has 2 aromatic rings. The van der Waals surface area contributed by atoms with E-state index < -0.39 is 0 Å². The van der Waals surface area contributed by atoms with Gasteiger partial charge in [0.25, 0.3) is 0 Å². The van der Waals surface area contributed by atoms with Gasteiger partial charge in [-0.3, -0.25) is 0 Å². The maximum absolute atomic E-state index is 5.08. The lowest BCUT2D eigenvalue weighted by atomic mass is 10.3. The molecule has 0 N–H and O–H groups in total. The first-order valence-electron chi connectivity index (χ1n) is 5.78. The molecule has 5 heteroatoms. The van der Waals surface area contributed by atoms with Crippen LogP contribution in [0.1, 0.15) is 0 Å². The molecule has 0 heterocycles. The summed E-state index contributed by atoms with van der Waals surface area (Å²) in [6.07, 6.45) is 0. The van der Waals surface area contributed by atoms with Gasteiger partial charge in [0, 0.05) is 7.05 Å². The van der Waals surface area contributed by atoms with Crippen LogP contribution in [0.15, 0.2) is 69.0 Å². The number of hydrogen-bond donors (Lipinski definition) is 0. The SMILES string of the molecule is C/N=N/c1ccccc1/N=N/c1ccc(OC)cc1. The van der Waals surface area contributed by atoms with Gasteiger partial charge in [-0.25, -0.2) is 0 Å². The summed E-state index contributed by atoms with van der Waals surface area (Å²) in [4.78, 5) is 0. The fourth-order valence-electron chi connectivity index (χ4n) is 1.50. The molecule has 0 bridgehead atoms. The molecular weight excluding hydrogens is 240 g/mol. The van der Waals surface area contributed by atoms with Crippen molar-refractivity contribution < 1.29 is 4.74 Å². The van der Waals surface area contributed by atoms with Gasteiger partial charge in [0.1, 0.15) is 17.1 Å². The van der Waals surface area contributed by atoms with E-state index in [1.807, 2.05) is 48.5 Å². The monoisotopic (exact) mass is 254 g/mol. The molecule has 0 saturated carbocycles. The van der Waals surface area contributed by atoms with E-state index in [2.05, 4.69) is 20.5 Å². The average molecular weight is 254 g/mol. The molecule has 0 aliphatic heterocycles. The Hall–Kier alpha value is -2.56. The van der Waals surface area contributed by atoms with Gasteiger partial charge >= 0.3 is 0 Å². The van der Waals surface area contributed by atoms with Crippen LogP contribution in [0.2, 0.25) is 0 Å². The maximum Gasteiger partial charge on any atom is 0.119 e. The number of hydrogen-bond acceptors (Lipinski definition) is 5. The second-order valence-corrected chi connectivity index (χ2v) is 3.69. The van der Waals surface area contributed by atoms with Crippen molar-refractivity contribution in [1.29, 1.82) is 0 Å². The van der Waals surface area contributed by atoms with E-state index in [4.69, 9.17) is 4.74 Å². The number of azo groups is 2. The van der Waals surface area contributed by atoms with Crippen molar-refractivity contribution in [2.75, 3.05) is 14.2 Å². The zero-order chi connectivity index (χ0) is 13.5. The molecular formula is C14H14N4O. The quantitative estimate of drug-likeness (QED) is 0.721. The van der Waals surface area contributed by atoms with E-state index in [0.717, 1.165) is 11.4 Å². The minimum absolute atomic E-state index is 0.684. The van der Waals surface area contributed by atoms with Crippen LogP contribution >= 0.6 is 0 Å². The minimum Gasteiger partial charge on any atom is -0.497 e. The summed E-state index contributed by atoms with van der Waals surface area (Å²) in [6.45, 7) is 0. The van der Waals surface area contributed by atoms with Crippen molar-refractivity contribution in [3.05, 3.63) is 48.5 Å². The van der Waals surface area contributed by atoms with E-state index in [1.54, 1.807) is 14.2 Å². The first-order valence-corrected chi connectivity index (χ1v) is 5.78. The van der Waals surface area contributed by atoms with E-state index in [1.165, 1.54) is 0 Å². The first kappa shape index (κ1) is 12.9. The summed E-state index contributed by atoms with van der Waals surface area (Å²) < 4.78 is 5.08. The zero-order valence-corrected chi connectivity index (χ0v) is 10.8. The highest BCUT2D eigenvalue weighted by molar-refractivity contribution is 5.60. The molecule has 0 atom stereocenters. The lowest BCUT2D eigenvalue weighted by Crippen LogP contribution is -1.79. The van der Waals surface area contributed by atoms with Crippen LogP contribution in [0.3, 0.4) is 0 Å². The largest absolute Gasteiger partial charge is 0.497 e. The number of benzene rings is 2. The van der Waals surface area contributed by atoms with Gasteiger partial charge in [-0.05, 0) is 36.4 Å². The van der Waals surface area contributed by atoms with Crippen LogP contribution in [0.4, 0.5) is 17.1 Å². The molecule has 0 unspecified atom stereocenters. The molecule has 2 aromatic carbocycles. The summed E-state index contributed by atoms with van der Waals surface area (Å²) in [5, 5.41) is 16.1. The highest BCUT2D eigenvalue weighted by Crippen LogP contribution is 2.29. The Balaban J connectivity index is 2.22. The summed E-state index contributed by atoms with van der Waals surface area (Å²) in [7, 11) is 3.25. The fraction of sp³-hybridized carbons (Fsp3) is 0.143. The lowest BCUT2D eigenvalue weighted by Gasteiger charge is -1.99. The Morgan fingerprint density at radius 2 is 1.42 bits per heavy atom. The van der Waals surface area contributed by atoms with Crippen LogP contribution < -0.4 is 4.74 Å². The second kappa shape index (κ2) is 6.39. The van der Waals surface area contributed by atoms with Gasteiger partial charge < -0.3 is 4.74 Å². The Bertz CT molecular complexity index is 591. The number of nitrogens with zero attached hydrogens (tertiary/aromatic N) is 4. The summed E-state index contributed by atoms with van der Waals surface area (Å²) in [5.74, 6) is 0.791. The van der Waals surface area contributed by atoms with Crippen molar-refractivity contribution in [3.8, 4) is 5.75 Å². The van der Waals surface area contributed by atoms with E-state index in [0.29, 0.717) is 11.4 Å². The molecule has 0 amide bonds. The van der Waals surface area contributed by atoms with Gasteiger partial charge in [0.2, 0.25) is 0 Å². The lowest BCUT2D eigenvalue weighted by molar-refractivity contribution is 0.415. The summed E-state index contributed by atoms with van der Waals surface area (Å²) in [5.41, 5.74) is 2.13. The third kappa shape index (κ3) is 3.45. The molecule has 5 nitrogen and oxygen atoms in total. The Morgan fingerprint density at radius 3 is 2.00 bits per heavy atom. The molecule has 19 heavy (non-hydrogen) atoms. The van der Waals surface area contributed by atoms with Crippen molar-refractivity contribution in [2.45, 2.75) is 0 Å². The highest BCUT2D eigenvalue weighted by atomic mass is 16.5. The van der Waals surface area contributed by atoms with Gasteiger partial charge in [0.15, 0.2) is 0 Å². The van der Waals surface area contributed by atoms with Crippen LogP contribution in [0, 0.1) is 0 Å². The van der Waals surface area contributed by atoms with Crippen LogP contribution in [-0.4, -0.2) is 14.2 Å². The first-order chi connectivity index (χ1) is 9.33. The summed E-state index contributed by atoms with van der Waals surface area (Å²) >= 11 is 0. The normalized spacial score (nSPS) is 11.3. The number of methoxy groups -OCH3 is 1. The standard InChI is InChI=1S/C14H14N4O/c1-15-17-13-5-3-4-6-14(13)18-16-11-7-9-12(19-2)10-8-11/h3-10H,1-2H3/b17-15+,18-16+. The van der Waals surface area contributed by atoms with Crippen molar-refractivity contribution >= 4 is 17.1 Å². The minimum atomic E-state index is 0.684. The molecule has 96 valence electrons. The van der Waals surface area contributed by atoms with Gasteiger partial charge in [-0.1, -0.05) is 12.1 Å². The Morgan fingerprint density at radius 1 is 0.789 bits per heavy atom. The number of ether oxygens (including phenoxy) is 1. The van der Waals surface area contributed by atoms with Crippen LogP contribution in [0.5, 0.6) is 5.75 Å². The third-order valence-corrected chi connectivity index (χ3v) is 2.44. The molecule has 0 aromatic heterocycles. The summed E-state index contributed by atoms with van der Waals surface area (Å²) in [6, 6.07) is 14.8. The van der Waals surface area contributed by atoms with Gasteiger partial charge in [-0.2, -0.15) is 15.3 Å². The number of rotatable bonds is 4. The average Bonchev–Trinajstić information content (AvgIpc) is 2.47. The second-order valence-electron chi connectivity index (χ2n) is 3.69. The smallest absolute Gasteiger partial charge is 0.119 e. The van der Waals surface area contributed by atoms with Crippen molar-refractivity contribution in [1.82, 2.24) is 0 Å². The van der Waals surface area contributed by atoms with Crippen molar-refractivity contribution in [3.63, 3.8) is 0 Å². The topological polar surface area (TPSA) is 58.7 Å². The van der Waals surface area contributed by atoms with E-state index >= 15 is 0 Å². The molecule has 0 spiro atoms. The van der Waals surface area contributed by atoms with Gasteiger partial charge in [0.05, 0.1) is 12.8 Å². The van der Waals surface area contributed by atoms with E-state index in [-0.39, 0.29) is 0 Å². The molecule has 0 aliphatic rings. The van der Waals surface area contributed by atoms with E-state index in [9.17, 15) is 0 Å². The molecule has 0 fully saturated rings. The fourth-order valence-corrected chi connectivity index (χ4v) is 1.50. The molecule has 2 rings (SSSR count). The Labute approximate surface area is 111 Å². The van der Waals surface area contributed by atoms with Crippen LogP contribution in [-0.2, 0) is 0 Å². The highest BCUT2D eigenvalue weighted by Gasteiger charge is 1.98. The Kier molecular flexibility index (Phi) is 4.34. The van der Waals surface area contributed by atoms with Crippen molar-refractivity contribution in [2.24, 2.45) is 20.5 Å². The maximum atomic E-state index is 5.08. The van der Waals surface area contributed by atoms with Crippen LogP contribution in [0.25, 0.3) is 0 Å². The molecule has 0 aliphatic carbocycles. The molecule has 0 radical (unpaired) electrons. The molecule has 0 saturated heterocycles.